The van der Waals surface area contributed by atoms with E-state index in [0.29, 0.717) is 19.1 Å². The van der Waals surface area contributed by atoms with E-state index in [-0.39, 0.29) is 6.29 Å². The molecule has 0 saturated carbocycles. The van der Waals surface area contributed by atoms with Gasteiger partial charge in [-0.3, -0.25) is 0 Å². The molecule has 1 aromatic carbocycles. The number of rotatable bonds is 7. The summed E-state index contributed by atoms with van der Waals surface area (Å²) in [5, 5.41) is 0. The maximum atomic E-state index is 5.54. The maximum absolute atomic E-state index is 5.54. The van der Waals surface area contributed by atoms with Gasteiger partial charge in [0.05, 0.1) is 0 Å². The highest BCUT2D eigenvalue weighted by Crippen LogP contribution is 2.16. The zero-order valence-corrected chi connectivity index (χ0v) is 11.4. The second kappa shape index (κ2) is 7.46. The van der Waals surface area contributed by atoms with Crippen LogP contribution < -0.4 is 0 Å². The van der Waals surface area contributed by atoms with Gasteiger partial charge in [0.1, 0.15) is 0 Å². The Hall–Kier alpha value is -0.860. The zero-order valence-electron chi connectivity index (χ0n) is 11.4. The largest absolute Gasteiger partial charge is 0.353 e. The summed E-state index contributed by atoms with van der Waals surface area (Å²) < 4.78 is 11.1. The molecule has 0 aromatic heterocycles. The highest BCUT2D eigenvalue weighted by Gasteiger charge is 2.09. The first-order valence-electron chi connectivity index (χ1n) is 6.49. The molecule has 0 aliphatic carbocycles. The van der Waals surface area contributed by atoms with Crippen molar-refractivity contribution in [2.75, 3.05) is 13.2 Å². The van der Waals surface area contributed by atoms with Gasteiger partial charge in [0.2, 0.25) is 0 Å². The lowest BCUT2D eigenvalue weighted by atomic mass is 10.0. The fourth-order valence-corrected chi connectivity index (χ4v) is 1.77. The second-order valence-corrected chi connectivity index (χ2v) is 4.44. The molecule has 0 heterocycles. The molecule has 1 rings (SSSR count). The van der Waals surface area contributed by atoms with E-state index in [9.17, 15) is 0 Å². The third kappa shape index (κ3) is 4.88. The van der Waals surface area contributed by atoms with Crippen LogP contribution in [0.1, 0.15) is 44.7 Å². The van der Waals surface area contributed by atoms with E-state index in [1.807, 2.05) is 13.8 Å². The average Bonchev–Trinajstić information content (AvgIpc) is 2.30. The summed E-state index contributed by atoms with van der Waals surface area (Å²) in [4.78, 5) is 0. The molecule has 0 fully saturated rings. The van der Waals surface area contributed by atoms with Crippen LogP contribution in [0.3, 0.4) is 0 Å². The number of benzene rings is 1. The van der Waals surface area contributed by atoms with Gasteiger partial charge in [-0.05, 0) is 30.9 Å². The van der Waals surface area contributed by atoms with Crippen molar-refractivity contribution in [1.29, 1.82) is 0 Å². The summed E-state index contributed by atoms with van der Waals surface area (Å²) in [5.41, 5.74) is 2.64. The van der Waals surface area contributed by atoms with Gasteiger partial charge in [-0.1, -0.05) is 38.1 Å². The highest BCUT2D eigenvalue weighted by molar-refractivity contribution is 5.24. The molecular weight excluding hydrogens is 212 g/mol. The quantitative estimate of drug-likeness (QED) is 0.671. The third-order valence-corrected chi connectivity index (χ3v) is 2.75. The molecule has 0 N–H and O–H groups in total. The molecule has 2 heteroatoms. The minimum Gasteiger partial charge on any atom is -0.353 e. The molecule has 0 spiro atoms. The lowest BCUT2D eigenvalue weighted by molar-refractivity contribution is -0.134. The number of hydrogen-bond donors (Lipinski definition) is 0. The van der Waals surface area contributed by atoms with Crippen LogP contribution in [0.4, 0.5) is 0 Å². The van der Waals surface area contributed by atoms with Crippen LogP contribution in [0.2, 0.25) is 0 Å². The molecule has 0 radical (unpaired) electrons. The Labute approximate surface area is 105 Å². The summed E-state index contributed by atoms with van der Waals surface area (Å²) in [6, 6.07) is 8.71. The van der Waals surface area contributed by atoms with Crippen molar-refractivity contribution in [2.24, 2.45) is 0 Å². The Morgan fingerprint density at radius 3 is 1.88 bits per heavy atom. The van der Waals surface area contributed by atoms with Crippen molar-refractivity contribution in [2.45, 2.75) is 46.3 Å². The molecule has 0 unspecified atom stereocenters. The average molecular weight is 236 g/mol. The summed E-state index contributed by atoms with van der Waals surface area (Å²) in [7, 11) is 0. The van der Waals surface area contributed by atoms with Gasteiger partial charge >= 0.3 is 0 Å². The molecular formula is C15H24O2. The van der Waals surface area contributed by atoms with Crippen LogP contribution in [0.5, 0.6) is 0 Å². The smallest absolute Gasteiger partial charge is 0.161 e. The van der Waals surface area contributed by atoms with Crippen molar-refractivity contribution >= 4 is 0 Å². The fraction of sp³-hybridized carbons (Fsp3) is 0.600. The summed E-state index contributed by atoms with van der Waals surface area (Å²) >= 11 is 0. The van der Waals surface area contributed by atoms with Gasteiger partial charge in [0.25, 0.3) is 0 Å². The minimum absolute atomic E-state index is 0.116. The van der Waals surface area contributed by atoms with E-state index in [1.54, 1.807) is 0 Å². The van der Waals surface area contributed by atoms with Crippen LogP contribution in [0.25, 0.3) is 0 Å². The second-order valence-electron chi connectivity index (χ2n) is 4.44. The van der Waals surface area contributed by atoms with Crippen LogP contribution in [0, 0.1) is 0 Å². The van der Waals surface area contributed by atoms with Crippen LogP contribution in [0.15, 0.2) is 24.3 Å². The Balaban J connectivity index is 2.59. The summed E-state index contributed by atoms with van der Waals surface area (Å²) in [6.45, 7) is 9.78. The number of ether oxygens (including phenoxy) is 2. The topological polar surface area (TPSA) is 18.5 Å². The van der Waals surface area contributed by atoms with E-state index in [1.165, 1.54) is 11.1 Å². The van der Waals surface area contributed by atoms with Crippen molar-refractivity contribution in [3.63, 3.8) is 0 Å². The van der Waals surface area contributed by atoms with Gasteiger partial charge in [-0.15, -0.1) is 0 Å². The minimum atomic E-state index is -0.116. The third-order valence-electron chi connectivity index (χ3n) is 2.75. The highest BCUT2D eigenvalue weighted by atomic mass is 16.7. The SMILES string of the molecule is CCOC(Cc1ccc(C(C)C)cc1)OCC. The van der Waals surface area contributed by atoms with Crippen LogP contribution in [-0.4, -0.2) is 19.5 Å². The Kier molecular flexibility index (Phi) is 6.23. The van der Waals surface area contributed by atoms with Gasteiger partial charge in [0.15, 0.2) is 6.29 Å². The van der Waals surface area contributed by atoms with Gasteiger partial charge in [-0.2, -0.15) is 0 Å². The summed E-state index contributed by atoms with van der Waals surface area (Å²) in [6.07, 6.45) is 0.704. The molecule has 0 amide bonds. The molecule has 0 aliphatic heterocycles. The molecule has 0 saturated heterocycles. The molecule has 2 nitrogen and oxygen atoms in total. The van der Waals surface area contributed by atoms with E-state index >= 15 is 0 Å². The van der Waals surface area contributed by atoms with E-state index in [4.69, 9.17) is 9.47 Å². The molecule has 0 atom stereocenters. The molecule has 0 bridgehead atoms. The number of hydrogen-bond acceptors (Lipinski definition) is 2. The van der Waals surface area contributed by atoms with Crippen molar-refractivity contribution in [3.05, 3.63) is 35.4 Å². The lowest BCUT2D eigenvalue weighted by Gasteiger charge is -2.17. The van der Waals surface area contributed by atoms with E-state index in [0.717, 1.165) is 6.42 Å². The first-order valence-corrected chi connectivity index (χ1v) is 6.49. The van der Waals surface area contributed by atoms with Crippen LogP contribution in [-0.2, 0) is 15.9 Å². The normalized spacial score (nSPS) is 11.4. The standard InChI is InChI=1S/C15H24O2/c1-5-16-15(17-6-2)11-13-7-9-14(10-8-13)12(3)4/h7-10,12,15H,5-6,11H2,1-4H3. The Morgan fingerprint density at radius 2 is 1.47 bits per heavy atom. The van der Waals surface area contributed by atoms with Gasteiger partial charge < -0.3 is 9.47 Å². The van der Waals surface area contributed by atoms with Crippen molar-refractivity contribution in [3.8, 4) is 0 Å². The monoisotopic (exact) mass is 236 g/mol. The predicted octanol–water partition coefficient (Wildman–Crippen LogP) is 3.75. The Morgan fingerprint density at radius 1 is 0.941 bits per heavy atom. The molecule has 0 aliphatic rings. The van der Waals surface area contributed by atoms with Gasteiger partial charge in [0, 0.05) is 19.6 Å². The first-order chi connectivity index (χ1) is 8.17. The van der Waals surface area contributed by atoms with E-state index < -0.39 is 0 Å². The molecule has 1 aromatic rings. The van der Waals surface area contributed by atoms with Crippen molar-refractivity contribution in [1.82, 2.24) is 0 Å². The van der Waals surface area contributed by atoms with E-state index in [2.05, 4.69) is 38.1 Å². The van der Waals surface area contributed by atoms with Gasteiger partial charge in [-0.25, -0.2) is 0 Å². The molecule has 17 heavy (non-hydrogen) atoms. The fourth-order valence-electron chi connectivity index (χ4n) is 1.77. The summed E-state index contributed by atoms with van der Waals surface area (Å²) in [5.74, 6) is 0.582. The van der Waals surface area contributed by atoms with Crippen molar-refractivity contribution < 1.29 is 9.47 Å². The van der Waals surface area contributed by atoms with Crippen LogP contribution >= 0.6 is 0 Å². The Bertz CT molecular complexity index is 297. The zero-order chi connectivity index (χ0) is 12.7. The predicted molar refractivity (Wildman–Crippen MR) is 71.3 cm³/mol. The lowest BCUT2D eigenvalue weighted by Crippen LogP contribution is -2.20. The molecule has 96 valence electrons. The first kappa shape index (κ1) is 14.2. The maximum Gasteiger partial charge on any atom is 0.161 e.